The molecule has 0 radical (unpaired) electrons. The van der Waals surface area contributed by atoms with Gasteiger partial charge in [-0.3, -0.25) is 52.7 Å². The lowest BCUT2D eigenvalue weighted by Crippen LogP contribution is -2.64. The van der Waals surface area contributed by atoms with Gasteiger partial charge in [0.25, 0.3) is 0 Å². The Morgan fingerprint density at radius 2 is 0.779 bits per heavy atom. The minimum atomic E-state index is -1.59. The van der Waals surface area contributed by atoms with Gasteiger partial charge in [-0.25, -0.2) is 0 Å². The molecule has 2 unspecified atom stereocenters. The zero-order valence-electron chi connectivity index (χ0n) is 57.2. The normalized spacial score (nSPS) is 26.7. The maximum atomic E-state index is 15.2. The molecule has 23 nitrogen and oxygen atoms in total. The largest absolute Gasteiger partial charge is 0.390 e. The monoisotopic (exact) mass is 1220 g/mol. The minimum Gasteiger partial charge on any atom is -0.390 e. The zero-order chi connectivity index (χ0) is 66.8. The number of carbonyl (C=O) groups excluding carboxylic acids is 11. The van der Waals surface area contributed by atoms with Crippen LogP contribution in [0, 0.1) is 47.3 Å². The van der Waals surface area contributed by atoms with Gasteiger partial charge in [-0.2, -0.15) is 0 Å². The maximum Gasteiger partial charge on any atom is 0.246 e. The van der Waals surface area contributed by atoms with E-state index in [1.54, 1.807) is 48.5 Å². The molecule has 1 aliphatic rings. The first-order chi connectivity index (χ1) is 39.6. The van der Waals surface area contributed by atoms with Gasteiger partial charge in [0, 0.05) is 49.3 Å². The average molecular weight is 1220 g/mol. The lowest BCUT2D eigenvalue weighted by molar-refractivity contribution is -0.157. The molecule has 86 heavy (non-hydrogen) atoms. The third-order valence-corrected chi connectivity index (χ3v) is 16.6. The SMILES string of the molecule is CCCCC(C)C(O)[C@H]1C(=O)N[C@@H](C(C)C)C(=O)N(C)CC(=O)N(C)[C@@H](CC(C)C)C(=O)N[C@@H](C(C)C)C(=O)N(C)[C@@H](CC(C)C)C(=O)N[C@@H](C)C(=O)N[C@@H](C)C(=O)N(C)[C@@H](CC(C)C)C(=O)N(C)[C@@H](CC(C)C)C(=O)N(C)[C@@H](C(C)C)C(=O)N1C. The number of hydrogen-bond donors (Lipinski definition) is 5. The molecule has 0 aromatic rings. The van der Waals surface area contributed by atoms with Gasteiger partial charge in [-0.05, 0) is 93.3 Å². The summed E-state index contributed by atoms with van der Waals surface area (Å²) in [7, 11) is 9.98. The first-order valence-corrected chi connectivity index (χ1v) is 31.3. The lowest BCUT2D eigenvalue weighted by atomic mass is 9.90. The second-order valence-corrected chi connectivity index (χ2v) is 27.2. The Kier molecular flexibility index (Phi) is 32.0. The summed E-state index contributed by atoms with van der Waals surface area (Å²) in [6.45, 7) is 31.4. The number of unbranched alkanes of at least 4 members (excludes halogenated alkanes) is 1. The number of amides is 11. The highest BCUT2D eigenvalue weighted by molar-refractivity contribution is 5.99. The molecule has 23 heteroatoms. The van der Waals surface area contributed by atoms with Crippen LogP contribution in [0.25, 0.3) is 0 Å². The summed E-state index contributed by atoms with van der Waals surface area (Å²) in [5.41, 5.74) is 0. The topological polar surface area (TPSA) is 279 Å². The van der Waals surface area contributed by atoms with E-state index < -0.39 is 162 Å². The van der Waals surface area contributed by atoms with Crippen molar-refractivity contribution in [1.29, 1.82) is 0 Å². The van der Waals surface area contributed by atoms with E-state index in [9.17, 15) is 48.3 Å². The van der Waals surface area contributed by atoms with Crippen LogP contribution in [0.5, 0.6) is 0 Å². The summed E-state index contributed by atoms with van der Waals surface area (Å²) in [5, 5.41) is 23.3. The number of nitrogens with one attached hydrogen (secondary N) is 4. The Morgan fingerprint density at radius 1 is 0.407 bits per heavy atom. The predicted octanol–water partition coefficient (Wildman–Crippen LogP) is 3.74. The van der Waals surface area contributed by atoms with Crippen molar-refractivity contribution in [2.75, 3.05) is 55.9 Å². The second-order valence-electron chi connectivity index (χ2n) is 27.2. The summed E-state index contributed by atoms with van der Waals surface area (Å²) >= 11 is 0. The molecule has 0 spiro atoms. The molecule has 1 saturated heterocycles. The number of aliphatic hydroxyl groups is 1. The van der Waals surface area contributed by atoms with Crippen molar-refractivity contribution in [2.24, 2.45) is 47.3 Å². The Balaban J connectivity index is 4.36. The molecule has 0 saturated carbocycles. The van der Waals surface area contributed by atoms with Crippen LogP contribution in [-0.4, -0.2) is 227 Å². The fourth-order valence-electron chi connectivity index (χ4n) is 11.0. The molecule has 11 amide bonds. The van der Waals surface area contributed by atoms with Crippen molar-refractivity contribution in [1.82, 2.24) is 55.6 Å². The van der Waals surface area contributed by atoms with E-state index in [4.69, 9.17) is 0 Å². The molecule has 0 aliphatic carbocycles. The average Bonchev–Trinajstić information content (AvgIpc) is 2.16. The molecular weight excluding hydrogens is 1100 g/mol. The van der Waals surface area contributed by atoms with Crippen LogP contribution >= 0.6 is 0 Å². The quantitative estimate of drug-likeness (QED) is 0.148. The summed E-state index contributed by atoms with van der Waals surface area (Å²) in [5.74, 6) is -10.1. The van der Waals surface area contributed by atoms with Crippen LogP contribution in [0.15, 0.2) is 0 Å². The van der Waals surface area contributed by atoms with E-state index in [0.717, 1.165) is 16.2 Å². The van der Waals surface area contributed by atoms with Gasteiger partial charge < -0.3 is 60.7 Å². The molecule has 0 aromatic carbocycles. The van der Waals surface area contributed by atoms with Crippen molar-refractivity contribution >= 4 is 65.0 Å². The molecule has 5 N–H and O–H groups in total. The lowest BCUT2D eigenvalue weighted by Gasteiger charge is -2.42. The van der Waals surface area contributed by atoms with Crippen molar-refractivity contribution in [3.63, 3.8) is 0 Å². The Hall–Kier alpha value is -5.87. The second kappa shape index (κ2) is 35.2. The summed E-state index contributed by atoms with van der Waals surface area (Å²) in [6.07, 6.45) is 1.14. The fraction of sp³-hybridized carbons (Fsp3) is 0.825. The van der Waals surface area contributed by atoms with E-state index in [-0.39, 0.29) is 49.4 Å². The number of likely N-dealkylation sites (N-methyl/N-ethyl adjacent to an activating group) is 7. The number of hydrogen-bond acceptors (Lipinski definition) is 12. The highest BCUT2D eigenvalue weighted by Crippen LogP contribution is 2.26. The third-order valence-electron chi connectivity index (χ3n) is 16.6. The van der Waals surface area contributed by atoms with Crippen molar-refractivity contribution < 1.29 is 57.8 Å². The van der Waals surface area contributed by atoms with Gasteiger partial charge in [0.15, 0.2) is 0 Å². The van der Waals surface area contributed by atoms with Gasteiger partial charge in [0.1, 0.15) is 60.4 Å². The smallest absolute Gasteiger partial charge is 0.246 e. The minimum absolute atomic E-state index is 0.129. The van der Waals surface area contributed by atoms with Gasteiger partial charge in [-0.15, -0.1) is 0 Å². The van der Waals surface area contributed by atoms with Gasteiger partial charge >= 0.3 is 0 Å². The number of aliphatic hydroxyl groups excluding tert-OH is 1. The van der Waals surface area contributed by atoms with Crippen molar-refractivity contribution in [3.8, 4) is 0 Å². The zero-order valence-corrected chi connectivity index (χ0v) is 57.2. The molecule has 1 aliphatic heterocycles. The molecule has 0 aromatic heterocycles. The van der Waals surface area contributed by atoms with E-state index in [1.165, 1.54) is 87.7 Å². The molecule has 12 atom stereocenters. The third kappa shape index (κ3) is 21.8. The molecule has 1 fully saturated rings. The first kappa shape index (κ1) is 78.1. The van der Waals surface area contributed by atoms with Crippen LogP contribution in [0.4, 0.5) is 0 Å². The molecule has 0 bridgehead atoms. The van der Waals surface area contributed by atoms with Gasteiger partial charge in [-0.1, -0.05) is 124 Å². The summed E-state index contributed by atoms with van der Waals surface area (Å²) in [6, 6.07) is -12.3. The highest BCUT2D eigenvalue weighted by atomic mass is 16.3. The van der Waals surface area contributed by atoms with Gasteiger partial charge in [0.2, 0.25) is 65.0 Å². The van der Waals surface area contributed by atoms with Crippen LogP contribution < -0.4 is 21.3 Å². The van der Waals surface area contributed by atoms with E-state index in [0.29, 0.717) is 12.8 Å². The van der Waals surface area contributed by atoms with Crippen LogP contribution in [0.3, 0.4) is 0 Å². The van der Waals surface area contributed by atoms with E-state index >= 15 is 9.59 Å². The molecule has 1 heterocycles. The number of rotatable bonds is 16. The molecule has 1 rings (SSSR count). The fourth-order valence-corrected chi connectivity index (χ4v) is 11.0. The van der Waals surface area contributed by atoms with Crippen molar-refractivity contribution in [3.05, 3.63) is 0 Å². The Labute approximate surface area is 515 Å². The van der Waals surface area contributed by atoms with E-state index in [2.05, 4.69) is 21.3 Å². The predicted molar refractivity (Wildman–Crippen MR) is 333 cm³/mol. The maximum absolute atomic E-state index is 15.2. The summed E-state index contributed by atoms with van der Waals surface area (Å²) < 4.78 is 0. The van der Waals surface area contributed by atoms with Crippen LogP contribution in [0.1, 0.15) is 170 Å². The molecular formula is C63H115N11O12. The molecule has 494 valence electrons. The van der Waals surface area contributed by atoms with E-state index in [1.807, 2.05) is 62.3 Å². The van der Waals surface area contributed by atoms with Crippen molar-refractivity contribution in [2.45, 2.75) is 236 Å². The van der Waals surface area contributed by atoms with Crippen LogP contribution in [0.2, 0.25) is 0 Å². The number of carbonyl (C=O) groups is 11. The van der Waals surface area contributed by atoms with Gasteiger partial charge in [0.05, 0.1) is 12.6 Å². The standard InChI is InChI=1S/C63H115N11O12/c1-26-27-28-41(16)53(76)52-57(80)67-49(38(10)11)61(84)68(19)33-48(75)69(20)44(29-34(2)3)56(79)66-50(39(12)13)62(85)70(21)45(30-35(4)5)55(78)64-42(17)54(77)65-43(18)58(81)71(22)46(31-36(6)7)59(82)72(23)47(32-37(8)9)60(83)73(24)51(40(14)15)63(86)74(52)25/h34-47,49-53,76H,26-33H2,1-25H3,(H,64,78)(H,65,77)(H,66,79)(H,67,80)/t41?,42-,43-,44-,45-,46-,47-,49-,50-,51-,52-,53?/m0/s1. The number of nitrogens with zero attached hydrogens (tertiary/aromatic N) is 7. The van der Waals surface area contributed by atoms with Crippen LogP contribution in [-0.2, 0) is 52.7 Å². The highest BCUT2D eigenvalue weighted by Gasteiger charge is 2.46. The first-order valence-electron chi connectivity index (χ1n) is 31.3. The Morgan fingerprint density at radius 3 is 1.22 bits per heavy atom. The summed E-state index contributed by atoms with van der Waals surface area (Å²) in [4.78, 5) is 169. The Bertz CT molecular complexity index is 2310.